The highest BCUT2D eigenvalue weighted by molar-refractivity contribution is 6.12. The van der Waals surface area contributed by atoms with Crippen LogP contribution < -0.4 is 4.74 Å². The quantitative estimate of drug-likeness (QED) is 0.207. The van der Waals surface area contributed by atoms with E-state index in [9.17, 15) is 20.1 Å². The Morgan fingerprint density at radius 3 is 1.97 bits per heavy atom. The number of fused-ring (bicyclic) bond motifs is 1. The van der Waals surface area contributed by atoms with Crippen LogP contribution in [0, 0.1) is 0 Å². The molecule has 0 aromatic heterocycles. The topological polar surface area (TPSA) is 87.0 Å². The Kier molecular flexibility index (Phi) is 5.36. The number of benzene rings is 5. The highest BCUT2D eigenvalue weighted by atomic mass is 16.5. The smallest absolute Gasteiger partial charge is 0.201 e. The largest absolute Gasteiger partial charge is 0.504 e. The van der Waals surface area contributed by atoms with Crippen molar-refractivity contribution in [1.29, 1.82) is 0 Å². The number of ketones is 1. The van der Waals surface area contributed by atoms with Crippen LogP contribution in [0.4, 0.5) is 0 Å². The summed E-state index contributed by atoms with van der Waals surface area (Å²) in [6, 6.07) is 30.4. The van der Waals surface area contributed by atoms with Gasteiger partial charge in [-0.15, -0.1) is 0 Å². The van der Waals surface area contributed by atoms with Crippen molar-refractivity contribution in [2.45, 2.75) is 0 Å². The van der Waals surface area contributed by atoms with Gasteiger partial charge in [0.25, 0.3) is 0 Å². The number of hydrogen-bond donors (Lipinski definition) is 3. The molecule has 0 bridgehead atoms. The maximum atomic E-state index is 13.2. The van der Waals surface area contributed by atoms with Gasteiger partial charge >= 0.3 is 0 Å². The molecule has 34 heavy (non-hydrogen) atoms. The summed E-state index contributed by atoms with van der Waals surface area (Å²) < 4.78 is 5.76. The molecule has 0 saturated carbocycles. The minimum Gasteiger partial charge on any atom is -0.504 e. The van der Waals surface area contributed by atoms with E-state index < -0.39 is 23.0 Å². The standard InChI is InChI=1S/C29H20O5/c30-26(19-12-14-23(15-13-19)34-22-8-2-1-3-9-22)25-17-24(27(31)29(33)28(25)32)21-11-10-18-6-4-5-7-20(18)16-21/h1-17,31-33H. The number of carbonyl (C=O) groups is 1. The van der Waals surface area contributed by atoms with Crippen molar-refractivity contribution >= 4 is 16.6 Å². The minimum atomic E-state index is -0.738. The maximum Gasteiger partial charge on any atom is 0.201 e. The first-order chi connectivity index (χ1) is 16.5. The summed E-state index contributed by atoms with van der Waals surface area (Å²) >= 11 is 0. The lowest BCUT2D eigenvalue weighted by Gasteiger charge is -2.13. The first-order valence-electron chi connectivity index (χ1n) is 10.7. The molecule has 5 nitrogen and oxygen atoms in total. The van der Waals surface area contributed by atoms with E-state index in [-0.39, 0.29) is 11.1 Å². The van der Waals surface area contributed by atoms with Crippen molar-refractivity contribution in [3.05, 3.63) is 114 Å². The van der Waals surface area contributed by atoms with E-state index in [0.717, 1.165) is 10.8 Å². The molecule has 0 saturated heterocycles. The van der Waals surface area contributed by atoms with E-state index in [0.29, 0.717) is 22.6 Å². The Hall–Kier alpha value is -4.77. The number of aromatic hydroxyl groups is 3. The second-order valence-corrected chi connectivity index (χ2v) is 7.85. The van der Waals surface area contributed by atoms with Crippen LogP contribution in [0.25, 0.3) is 21.9 Å². The average molecular weight is 448 g/mol. The third-order valence-corrected chi connectivity index (χ3v) is 5.65. The van der Waals surface area contributed by atoms with E-state index in [1.807, 2.05) is 66.7 Å². The molecular weight excluding hydrogens is 428 g/mol. The SMILES string of the molecule is O=C(c1ccc(Oc2ccccc2)cc1)c1cc(-c2ccc3ccccc3c2)c(O)c(O)c1O. The van der Waals surface area contributed by atoms with Gasteiger partial charge in [-0.2, -0.15) is 0 Å². The fraction of sp³-hybridized carbons (Fsp3) is 0. The summed E-state index contributed by atoms with van der Waals surface area (Å²) in [6.07, 6.45) is 0. The number of phenolic OH excluding ortho intramolecular Hbond substituents is 3. The molecule has 0 spiro atoms. The van der Waals surface area contributed by atoms with E-state index in [4.69, 9.17) is 4.74 Å². The van der Waals surface area contributed by atoms with Gasteiger partial charge in [-0.25, -0.2) is 0 Å². The predicted octanol–water partition coefficient (Wildman–Crippen LogP) is 6.65. The third kappa shape index (κ3) is 3.91. The summed E-state index contributed by atoms with van der Waals surface area (Å²) in [6.45, 7) is 0. The second-order valence-electron chi connectivity index (χ2n) is 7.85. The molecule has 0 aliphatic rings. The Labute approximate surface area is 195 Å². The Bertz CT molecular complexity index is 1510. The first kappa shape index (κ1) is 21.1. The maximum absolute atomic E-state index is 13.2. The van der Waals surface area contributed by atoms with Crippen LogP contribution >= 0.6 is 0 Å². The first-order valence-corrected chi connectivity index (χ1v) is 10.7. The number of ether oxygens (including phenoxy) is 1. The Balaban J connectivity index is 1.50. The number of carbonyl (C=O) groups excluding carboxylic acids is 1. The zero-order valence-corrected chi connectivity index (χ0v) is 18.0. The predicted molar refractivity (Wildman–Crippen MR) is 131 cm³/mol. The highest BCUT2D eigenvalue weighted by Crippen LogP contribution is 2.45. The van der Waals surface area contributed by atoms with Crippen LogP contribution in [0.2, 0.25) is 0 Å². The summed E-state index contributed by atoms with van der Waals surface area (Å²) in [4.78, 5) is 13.2. The van der Waals surface area contributed by atoms with Crippen molar-refractivity contribution < 1.29 is 24.9 Å². The van der Waals surface area contributed by atoms with Crippen molar-refractivity contribution in [1.82, 2.24) is 0 Å². The monoisotopic (exact) mass is 448 g/mol. The highest BCUT2D eigenvalue weighted by Gasteiger charge is 2.23. The molecule has 0 radical (unpaired) electrons. The molecule has 166 valence electrons. The lowest BCUT2D eigenvalue weighted by Crippen LogP contribution is -2.02. The minimum absolute atomic E-state index is 0.116. The summed E-state index contributed by atoms with van der Waals surface area (Å²) in [5.41, 5.74) is 1.03. The summed E-state index contributed by atoms with van der Waals surface area (Å²) in [7, 11) is 0. The molecule has 0 aliphatic heterocycles. The van der Waals surface area contributed by atoms with Crippen LogP contribution in [0.1, 0.15) is 15.9 Å². The van der Waals surface area contributed by atoms with E-state index >= 15 is 0 Å². The van der Waals surface area contributed by atoms with Gasteiger partial charge in [-0.05, 0) is 64.9 Å². The zero-order chi connectivity index (χ0) is 23.7. The van der Waals surface area contributed by atoms with Gasteiger partial charge in [0.1, 0.15) is 11.5 Å². The van der Waals surface area contributed by atoms with E-state index in [1.165, 1.54) is 6.07 Å². The molecule has 5 aromatic carbocycles. The molecule has 0 amide bonds. The second kappa shape index (κ2) is 8.64. The fourth-order valence-corrected chi connectivity index (χ4v) is 3.85. The van der Waals surface area contributed by atoms with Crippen molar-refractivity contribution in [2.75, 3.05) is 0 Å². The van der Waals surface area contributed by atoms with E-state index in [2.05, 4.69) is 0 Å². The molecule has 3 N–H and O–H groups in total. The van der Waals surface area contributed by atoms with Crippen LogP contribution in [0.5, 0.6) is 28.7 Å². The van der Waals surface area contributed by atoms with Gasteiger partial charge in [0, 0.05) is 11.1 Å². The van der Waals surface area contributed by atoms with Crippen molar-refractivity contribution in [2.24, 2.45) is 0 Å². The van der Waals surface area contributed by atoms with Crippen LogP contribution in [0.15, 0.2) is 103 Å². The van der Waals surface area contributed by atoms with E-state index in [1.54, 1.807) is 30.3 Å². The molecule has 5 rings (SSSR count). The molecule has 0 fully saturated rings. The lowest BCUT2D eigenvalue weighted by atomic mass is 9.94. The third-order valence-electron chi connectivity index (χ3n) is 5.65. The molecule has 0 aliphatic carbocycles. The number of para-hydroxylation sites is 1. The van der Waals surface area contributed by atoms with Crippen LogP contribution in [-0.2, 0) is 0 Å². The van der Waals surface area contributed by atoms with Crippen molar-refractivity contribution in [3.8, 4) is 39.9 Å². The van der Waals surface area contributed by atoms with Gasteiger partial charge < -0.3 is 20.1 Å². The van der Waals surface area contributed by atoms with Gasteiger partial charge in [0.05, 0.1) is 5.56 Å². The molecular formula is C29H20O5. The van der Waals surface area contributed by atoms with Gasteiger partial charge in [-0.3, -0.25) is 4.79 Å². The van der Waals surface area contributed by atoms with Gasteiger partial charge in [-0.1, -0.05) is 54.6 Å². The molecule has 0 unspecified atom stereocenters. The van der Waals surface area contributed by atoms with Crippen molar-refractivity contribution in [3.63, 3.8) is 0 Å². The van der Waals surface area contributed by atoms with Crippen LogP contribution in [0.3, 0.4) is 0 Å². The summed E-state index contributed by atoms with van der Waals surface area (Å²) in [5, 5.41) is 33.3. The van der Waals surface area contributed by atoms with Gasteiger partial charge in [0.2, 0.25) is 5.75 Å². The Morgan fingerprint density at radius 1 is 0.588 bits per heavy atom. The molecule has 5 heteroatoms. The Morgan fingerprint density at radius 2 is 1.24 bits per heavy atom. The normalized spacial score (nSPS) is 10.8. The zero-order valence-electron chi connectivity index (χ0n) is 18.0. The molecule has 0 atom stereocenters. The molecule has 0 heterocycles. The fourth-order valence-electron chi connectivity index (χ4n) is 3.85. The lowest BCUT2D eigenvalue weighted by molar-refractivity contribution is 0.103. The van der Waals surface area contributed by atoms with Gasteiger partial charge in [0.15, 0.2) is 17.3 Å². The average Bonchev–Trinajstić information content (AvgIpc) is 2.88. The number of phenols is 3. The van der Waals surface area contributed by atoms with Crippen LogP contribution in [-0.4, -0.2) is 21.1 Å². The number of hydrogen-bond acceptors (Lipinski definition) is 5. The molecule has 5 aromatic rings. The summed E-state index contributed by atoms with van der Waals surface area (Å²) in [5.74, 6) is -1.17. The number of rotatable bonds is 5.